The molecule has 2 unspecified atom stereocenters. The number of benzene rings is 2. The first kappa shape index (κ1) is 52.2. The van der Waals surface area contributed by atoms with Gasteiger partial charge in [0, 0.05) is 60.7 Å². The molecule has 6 aromatic rings. The molecule has 72 heavy (non-hydrogen) atoms. The zero-order valence-corrected chi connectivity index (χ0v) is 44.8. The molecule has 382 valence electrons. The van der Waals surface area contributed by atoms with Gasteiger partial charge >= 0.3 is 40.8 Å². The van der Waals surface area contributed by atoms with Crippen LogP contribution in [-0.2, 0) is 70.3 Å². The standard InChI is InChI=1S/C56H68N4O10P2/c1-9-37-29-57(30-38(37)10-2)71(58-31-39(11-3)45(33-58)53(61)65-13-5)69-49-27-25-41-21-17-19-23-43(41)51(49)52-44-24-20-18-22-42(44)26-28-50(52)70-72(59-32-40(12-4)46(34-59)54(62)66-14-6)60-35-47(55(63)67-15-7)48(36-60)56(64)68-16-8/h25-36H,9-24H2,1-8H3. The normalized spacial score (nSPS) is 13.9. The summed E-state index contributed by atoms with van der Waals surface area (Å²) in [5.41, 5.74) is 11.9. The number of carbonyl (C=O) groups excluding carboxylic acids is 4. The third-order valence-electron chi connectivity index (χ3n) is 13.5. The van der Waals surface area contributed by atoms with Crippen LogP contribution < -0.4 is 9.05 Å². The Bertz CT molecular complexity index is 2890. The molecule has 0 saturated carbocycles. The van der Waals surface area contributed by atoms with Crippen molar-refractivity contribution in [2.45, 2.75) is 132 Å². The van der Waals surface area contributed by atoms with E-state index in [0.29, 0.717) is 35.5 Å². The number of aryl methyl sites for hydroxylation is 6. The van der Waals surface area contributed by atoms with E-state index in [1.165, 1.54) is 33.4 Å². The third-order valence-corrected chi connectivity index (χ3v) is 16.7. The van der Waals surface area contributed by atoms with Gasteiger partial charge in [0.05, 0.1) is 48.7 Å². The summed E-state index contributed by atoms with van der Waals surface area (Å²) < 4.78 is 44.9. The second-order valence-corrected chi connectivity index (χ2v) is 21.1. The monoisotopic (exact) mass is 1020 g/mol. The van der Waals surface area contributed by atoms with E-state index in [-0.39, 0.29) is 43.5 Å². The molecule has 0 amide bonds. The van der Waals surface area contributed by atoms with E-state index >= 15 is 0 Å². The van der Waals surface area contributed by atoms with Gasteiger partial charge in [-0.1, -0.05) is 39.8 Å². The first-order valence-electron chi connectivity index (χ1n) is 25.8. The van der Waals surface area contributed by atoms with E-state index in [1.54, 1.807) is 43.7 Å². The van der Waals surface area contributed by atoms with Gasteiger partial charge in [0.15, 0.2) is 0 Å². The fourth-order valence-electron chi connectivity index (χ4n) is 9.97. The molecule has 2 atom stereocenters. The minimum absolute atomic E-state index is 0.0385. The lowest BCUT2D eigenvalue weighted by Crippen LogP contribution is -2.13. The highest BCUT2D eigenvalue weighted by molar-refractivity contribution is 7.50. The molecule has 8 rings (SSSR count). The molecule has 16 heteroatoms. The molecule has 0 N–H and O–H groups in total. The van der Waals surface area contributed by atoms with E-state index in [2.05, 4.69) is 48.8 Å². The molecule has 0 spiro atoms. The Labute approximate surface area is 425 Å². The minimum atomic E-state index is -2.05. The molecule has 4 heterocycles. The molecule has 4 aromatic heterocycles. The van der Waals surface area contributed by atoms with Crippen molar-refractivity contribution in [2.24, 2.45) is 0 Å². The van der Waals surface area contributed by atoms with Crippen LogP contribution in [0.15, 0.2) is 73.8 Å². The number of fused-ring (bicyclic) bond motifs is 2. The molecule has 0 bridgehead atoms. The largest absolute Gasteiger partial charge is 0.462 e. The molecule has 0 aliphatic heterocycles. The number of nitrogens with zero attached hydrogens (tertiary/aromatic N) is 4. The molecular weight excluding hydrogens is 951 g/mol. The lowest BCUT2D eigenvalue weighted by Gasteiger charge is -2.30. The fraction of sp³-hybridized carbons (Fsp3) is 0.429. The quantitative estimate of drug-likeness (QED) is 0.0388. The van der Waals surface area contributed by atoms with Gasteiger partial charge in [0.2, 0.25) is 0 Å². The summed E-state index contributed by atoms with van der Waals surface area (Å²) in [6.07, 6.45) is 25.5. The smallest absolute Gasteiger partial charge is 0.340 e. The maximum atomic E-state index is 13.6. The molecular formula is C56H68N4O10P2. The van der Waals surface area contributed by atoms with Crippen molar-refractivity contribution in [3.8, 4) is 22.6 Å². The minimum Gasteiger partial charge on any atom is -0.462 e. The molecule has 2 aromatic carbocycles. The van der Waals surface area contributed by atoms with Crippen LogP contribution in [0.2, 0.25) is 0 Å². The lowest BCUT2D eigenvalue weighted by atomic mass is 9.80. The third kappa shape index (κ3) is 10.7. The number of hydrogen-bond donors (Lipinski definition) is 0. The van der Waals surface area contributed by atoms with Crippen LogP contribution in [0.4, 0.5) is 0 Å². The number of hydrogen-bond acceptors (Lipinski definition) is 10. The Morgan fingerprint density at radius 1 is 0.403 bits per heavy atom. The summed E-state index contributed by atoms with van der Waals surface area (Å²) in [4.78, 5) is 54.2. The number of rotatable bonds is 21. The maximum absolute atomic E-state index is 13.6. The summed E-state index contributed by atoms with van der Waals surface area (Å²) in [6.45, 7) is 16.0. The van der Waals surface area contributed by atoms with Crippen LogP contribution in [0.25, 0.3) is 11.1 Å². The first-order chi connectivity index (χ1) is 35.0. The Hall–Kier alpha value is -6.10. The van der Waals surface area contributed by atoms with Crippen LogP contribution >= 0.6 is 16.9 Å². The second kappa shape index (κ2) is 23.6. The Morgan fingerprint density at radius 3 is 1.07 bits per heavy atom. The van der Waals surface area contributed by atoms with E-state index in [4.69, 9.17) is 28.0 Å². The highest BCUT2D eigenvalue weighted by Crippen LogP contribution is 2.54. The van der Waals surface area contributed by atoms with E-state index in [0.717, 1.165) is 86.5 Å². The van der Waals surface area contributed by atoms with Crippen molar-refractivity contribution in [1.29, 1.82) is 0 Å². The molecule has 2 aliphatic rings. The van der Waals surface area contributed by atoms with Crippen molar-refractivity contribution >= 4 is 40.8 Å². The summed E-state index contributed by atoms with van der Waals surface area (Å²) in [6, 6.07) is 8.52. The van der Waals surface area contributed by atoms with Crippen LogP contribution in [0.1, 0.15) is 167 Å². The van der Waals surface area contributed by atoms with Crippen LogP contribution in [0.3, 0.4) is 0 Å². The van der Waals surface area contributed by atoms with E-state index < -0.39 is 34.8 Å². The predicted octanol–water partition coefficient (Wildman–Crippen LogP) is 12.7. The van der Waals surface area contributed by atoms with E-state index in [9.17, 15) is 19.2 Å². The van der Waals surface area contributed by atoms with Crippen LogP contribution in [0.5, 0.6) is 11.5 Å². The summed E-state index contributed by atoms with van der Waals surface area (Å²) in [5, 5.41) is 0. The number of carbonyl (C=O) groups is 4. The van der Waals surface area contributed by atoms with E-state index in [1.807, 2.05) is 54.1 Å². The molecule has 2 aliphatic carbocycles. The Balaban J connectivity index is 1.37. The zero-order valence-electron chi connectivity index (χ0n) is 43.0. The van der Waals surface area contributed by atoms with Gasteiger partial charge in [-0.15, -0.1) is 0 Å². The Morgan fingerprint density at radius 2 is 0.708 bits per heavy atom. The van der Waals surface area contributed by atoms with Crippen molar-refractivity contribution in [3.63, 3.8) is 0 Å². The van der Waals surface area contributed by atoms with Gasteiger partial charge in [-0.2, -0.15) is 0 Å². The van der Waals surface area contributed by atoms with Gasteiger partial charge in [-0.05, 0) is 161 Å². The van der Waals surface area contributed by atoms with Crippen molar-refractivity contribution in [2.75, 3.05) is 26.4 Å². The molecule has 0 fully saturated rings. The maximum Gasteiger partial charge on any atom is 0.340 e. The number of esters is 4. The van der Waals surface area contributed by atoms with Crippen LogP contribution in [0, 0.1) is 0 Å². The van der Waals surface area contributed by atoms with Crippen LogP contribution in [-0.4, -0.2) is 67.7 Å². The van der Waals surface area contributed by atoms with Gasteiger partial charge in [-0.25, -0.2) is 19.2 Å². The zero-order chi connectivity index (χ0) is 51.1. The Kier molecular flexibility index (Phi) is 17.1. The summed E-state index contributed by atoms with van der Waals surface area (Å²) in [7, 11) is -3.73. The molecule has 0 radical (unpaired) electrons. The SMILES string of the molecule is CCOC(=O)c1cn(P(Oc2ccc3c(c2-c2c(OP(n4cc(CC)c(C(=O)OCC)c4)n4cc(C(=O)OCC)c(C(=O)OCC)c4)ccc4c2CCCC4)CCCC3)n2cc(CC)c(CC)c2)cc1CC. The lowest BCUT2D eigenvalue weighted by molar-refractivity contribution is 0.0480. The van der Waals surface area contributed by atoms with Gasteiger partial charge in [0.25, 0.3) is 0 Å². The number of ether oxygens (including phenoxy) is 4. The van der Waals surface area contributed by atoms with Gasteiger partial charge < -0.3 is 28.0 Å². The van der Waals surface area contributed by atoms with Gasteiger partial charge in [0.1, 0.15) is 11.5 Å². The highest BCUT2D eigenvalue weighted by atomic mass is 31.2. The summed E-state index contributed by atoms with van der Waals surface area (Å²) >= 11 is 0. The summed E-state index contributed by atoms with van der Waals surface area (Å²) in [5.74, 6) is -0.883. The fourth-order valence-corrected chi connectivity index (χ4v) is 13.3. The van der Waals surface area contributed by atoms with Crippen molar-refractivity contribution in [1.82, 2.24) is 17.4 Å². The topological polar surface area (TPSA) is 143 Å². The molecule has 14 nitrogen and oxygen atoms in total. The van der Waals surface area contributed by atoms with Crippen molar-refractivity contribution in [3.05, 3.63) is 141 Å². The second-order valence-electron chi connectivity index (χ2n) is 17.9. The van der Waals surface area contributed by atoms with Gasteiger partial charge in [-0.3, -0.25) is 17.4 Å². The highest BCUT2D eigenvalue weighted by Gasteiger charge is 2.34. The average Bonchev–Trinajstić information content (AvgIpc) is 4.22. The van der Waals surface area contributed by atoms with Crippen molar-refractivity contribution < 1.29 is 47.2 Å². The first-order valence-corrected chi connectivity index (χ1v) is 28.1. The average molecular weight is 1020 g/mol. The number of aromatic nitrogens is 4. The molecule has 0 saturated heterocycles. The predicted molar refractivity (Wildman–Crippen MR) is 281 cm³/mol.